The van der Waals surface area contributed by atoms with Gasteiger partial charge in [0, 0.05) is 12.6 Å². The van der Waals surface area contributed by atoms with Gasteiger partial charge in [0.05, 0.1) is 21.6 Å². The van der Waals surface area contributed by atoms with E-state index in [0.717, 1.165) is 39.6 Å². The summed E-state index contributed by atoms with van der Waals surface area (Å²) in [6.45, 7) is 6.41. The highest BCUT2D eigenvalue weighted by atomic mass is 32.1. The molecule has 8 heteroatoms. The largest absolute Gasteiger partial charge is 0.305 e. The van der Waals surface area contributed by atoms with E-state index in [-0.39, 0.29) is 5.91 Å². The highest BCUT2D eigenvalue weighted by Gasteiger charge is 2.19. The third-order valence-corrected chi connectivity index (χ3v) is 6.52. The van der Waals surface area contributed by atoms with Gasteiger partial charge in [-0.2, -0.15) is 14.9 Å². The molecule has 4 aromatic rings. The van der Waals surface area contributed by atoms with Crippen LogP contribution in [0.5, 0.6) is 0 Å². The van der Waals surface area contributed by atoms with Gasteiger partial charge in [-0.05, 0) is 75.8 Å². The molecule has 0 bridgehead atoms. The summed E-state index contributed by atoms with van der Waals surface area (Å²) in [5.74, 6) is 0.415. The fourth-order valence-electron chi connectivity index (χ4n) is 4.12. The number of hydrogen-bond donors (Lipinski definition) is 1. The van der Waals surface area contributed by atoms with Crippen LogP contribution in [-0.2, 0) is 19.4 Å². The van der Waals surface area contributed by atoms with Gasteiger partial charge >= 0.3 is 0 Å². The molecule has 0 unspecified atom stereocenters. The highest BCUT2D eigenvalue weighted by molar-refractivity contribution is 7.20. The summed E-state index contributed by atoms with van der Waals surface area (Å²) in [5.41, 5.74) is 6.04. The van der Waals surface area contributed by atoms with Crippen LogP contribution in [0, 0.1) is 13.8 Å². The smallest absolute Gasteiger partial charge is 0.275 e. The van der Waals surface area contributed by atoms with Gasteiger partial charge in [0.25, 0.3) is 5.91 Å². The maximum atomic E-state index is 12.9. The number of nitrogens with one attached hydrogen (secondary N) is 1. The monoisotopic (exact) mass is 420 g/mol. The predicted octanol–water partition coefficient (Wildman–Crippen LogP) is 4.45. The second-order valence-electron chi connectivity index (χ2n) is 7.82. The molecule has 1 aliphatic carbocycles. The van der Waals surface area contributed by atoms with Crippen LogP contribution in [0.15, 0.2) is 24.3 Å². The number of benzene rings is 1. The van der Waals surface area contributed by atoms with Gasteiger partial charge in [0.15, 0.2) is 0 Å². The minimum absolute atomic E-state index is 0.199. The molecular weight excluding hydrogens is 396 g/mol. The number of carbonyl (C=O) groups is 1. The van der Waals surface area contributed by atoms with Crippen LogP contribution in [0.25, 0.3) is 15.3 Å². The lowest BCUT2D eigenvalue weighted by atomic mass is 9.92. The van der Waals surface area contributed by atoms with Crippen LogP contribution in [0.4, 0.5) is 5.82 Å². The highest BCUT2D eigenvalue weighted by Crippen LogP contribution is 2.32. The fourth-order valence-corrected chi connectivity index (χ4v) is 5.09. The Labute approximate surface area is 178 Å². The summed E-state index contributed by atoms with van der Waals surface area (Å²) in [4.78, 5) is 17.7. The van der Waals surface area contributed by atoms with Gasteiger partial charge < -0.3 is 5.32 Å². The Balaban J connectivity index is 1.51. The number of hydrogen-bond acceptors (Lipinski definition) is 5. The maximum Gasteiger partial charge on any atom is 0.275 e. The Hall–Kier alpha value is -3.00. The first-order valence-corrected chi connectivity index (χ1v) is 11.2. The van der Waals surface area contributed by atoms with E-state index >= 15 is 0 Å². The first kappa shape index (κ1) is 19.0. The predicted molar refractivity (Wildman–Crippen MR) is 119 cm³/mol. The van der Waals surface area contributed by atoms with E-state index in [0.29, 0.717) is 18.1 Å². The molecule has 0 atom stereocenters. The van der Waals surface area contributed by atoms with E-state index in [1.165, 1.54) is 24.0 Å². The third kappa shape index (κ3) is 3.31. The van der Waals surface area contributed by atoms with Crippen LogP contribution < -0.4 is 5.32 Å². The first-order chi connectivity index (χ1) is 14.5. The zero-order valence-electron chi connectivity index (χ0n) is 17.4. The van der Waals surface area contributed by atoms with Crippen LogP contribution in [0.1, 0.15) is 52.8 Å². The molecule has 1 aliphatic rings. The number of anilines is 1. The van der Waals surface area contributed by atoms with Crippen molar-refractivity contribution in [3.8, 4) is 5.13 Å². The first-order valence-electron chi connectivity index (χ1n) is 10.4. The minimum atomic E-state index is -0.199. The standard InChI is InChI=1S/C22H24N6OS/c1-4-27-18(9-13(2)25-27)21(29)24-20-10-14(3)26-28(20)22-23-17-11-15-7-5-6-8-16(15)12-19(17)30-22/h9-12H,4-8H2,1-3H3,(H,24,29). The van der Waals surface area contributed by atoms with Crippen molar-refractivity contribution in [2.75, 3.05) is 5.32 Å². The van der Waals surface area contributed by atoms with E-state index in [1.54, 1.807) is 26.8 Å². The van der Waals surface area contributed by atoms with E-state index in [4.69, 9.17) is 4.98 Å². The lowest BCUT2D eigenvalue weighted by molar-refractivity contribution is 0.101. The molecule has 0 saturated carbocycles. The SMILES string of the molecule is CCn1nc(C)cc1C(=O)Nc1cc(C)nn1-c1nc2cc3c(cc2s1)CCCC3. The van der Waals surface area contributed by atoms with Crippen molar-refractivity contribution in [1.82, 2.24) is 24.5 Å². The lowest BCUT2D eigenvalue weighted by Gasteiger charge is -2.14. The normalized spacial score (nSPS) is 13.6. The number of aryl methyl sites for hydroxylation is 5. The zero-order valence-corrected chi connectivity index (χ0v) is 18.2. The summed E-state index contributed by atoms with van der Waals surface area (Å²) in [7, 11) is 0. The maximum absolute atomic E-state index is 12.9. The molecule has 0 radical (unpaired) electrons. The molecule has 30 heavy (non-hydrogen) atoms. The van der Waals surface area contributed by atoms with Crippen LogP contribution >= 0.6 is 11.3 Å². The Morgan fingerprint density at radius 3 is 2.57 bits per heavy atom. The van der Waals surface area contributed by atoms with Crippen LogP contribution in [0.2, 0.25) is 0 Å². The molecule has 154 valence electrons. The Kier molecular flexibility index (Phi) is 4.66. The molecule has 3 heterocycles. The third-order valence-electron chi connectivity index (χ3n) is 5.53. The zero-order chi connectivity index (χ0) is 20.8. The molecular formula is C22H24N6OS. The summed E-state index contributed by atoms with van der Waals surface area (Å²) in [6, 6.07) is 8.17. The van der Waals surface area contributed by atoms with Crippen molar-refractivity contribution in [3.05, 3.63) is 52.5 Å². The van der Waals surface area contributed by atoms with Crippen molar-refractivity contribution in [1.29, 1.82) is 0 Å². The second kappa shape index (κ2) is 7.36. The van der Waals surface area contributed by atoms with Gasteiger partial charge in [0.2, 0.25) is 5.13 Å². The number of fused-ring (bicyclic) bond motifs is 2. The summed E-state index contributed by atoms with van der Waals surface area (Å²) >= 11 is 1.61. The van der Waals surface area contributed by atoms with Crippen molar-refractivity contribution < 1.29 is 4.79 Å². The summed E-state index contributed by atoms with van der Waals surface area (Å²) in [6.07, 6.45) is 4.78. The molecule has 3 aromatic heterocycles. The van der Waals surface area contributed by atoms with Gasteiger partial charge in [-0.25, -0.2) is 4.98 Å². The number of aromatic nitrogens is 5. The topological polar surface area (TPSA) is 77.6 Å². The molecule has 0 spiro atoms. The quantitative estimate of drug-likeness (QED) is 0.529. The van der Waals surface area contributed by atoms with Crippen molar-refractivity contribution >= 4 is 33.3 Å². The molecule has 0 saturated heterocycles. The molecule has 0 aliphatic heterocycles. The number of amides is 1. The minimum Gasteiger partial charge on any atom is -0.305 e. The average Bonchev–Trinajstić information content (AvgIpc) is 3.41. The fraction of sp³-hybridized carbons (Fsp3) is 0.364. The number of nitrogens with zero attached hydrogens (tertiary/aromatic N) is 5. The molecule has 1 amide bonds. The average molecular weight is 421 g/mol. The van der Waals surface area contributed by atoms with E-state index in [9.17, 15) is 4.79 Å². The molecule has 1 N–H and O–H groups in total. The molecule has 5 rings (SSSR count). The summed E-state index contributed by atoms with van der Waals surface area (Å²) < 4.78 is 4.60. The van der Waals surface area contributed by atoms with E-state index < -0.39 is 0 Å². The molecule has 7 nitrogen and oxygen atoms in total. The van der Waals surface area contributed by atoms with Crippen molar-refractivity contribution in [2.24, 2.45) is 0 Å². The van der Waals surface area contributed by atoms with Crippen LogP contribution in [0.3, 0.4) is 0 Å². The second-order valence-corrected chi connectivity index (χ2v) is 8.82. The number of carbonyl (C=O) groups excluding carboxylic acids is 1. The summed E-state index contributed by atoms with van der Waals surface area (Å²) in [5, 5.41) is 12.7. The van der Waals surface area contributed by atoms with E-state index in [2.05, 4.69) is 27.6 Å². The van der Waals surface area contributed by atoms with Gasteiger partial charge in [-0.3, -0.25) is 9.48 Å². The Morgan fingerprint density at radius 2 is 1.80 bits per heavy atom. The number of thiazole rings is 1. The van der Waals surface area contributed by atoms with Gasteiger partial charge in [0.1, 0.15) is 11.5 Å². The lowest BCUT2D eigenvalue weighted by Crippen LogP contribution is -2.19. The van der Waals surface area contributed by atoms with Crippen molar-refractivity contribution in [3.63, 3.8) is 0 Å². The van der Waals surface area contributed by atoms with Gasteiger partial charge in [-0.1, -0.05) is 11.3 Å². The number of rotatable bonds is 4. The Morgan fingerprint density at radius 1 is 1.07 bits per heavy atom. The van der Waals surface area contributed by atoms with E-state index in [1.807, 2.05) is 26.8 Å². The van der Waals surface area contributed by atoms with Crippen molar-refractivity contribution in [2.45, 2.75) is 53.0 Å². The van der Waals surface area contributed by atoms with Crippen LogP contribution in [-0.4, -0.2) is 30.5 Å². The molecule has 0 fully saturated rings. The Bertz CT molecular complexity index is 1220. The van der Waals surface area contributed by atoms with Gasteiger partial charge in [-0.15, -0.1) is 0 Å². The molecule has 1 aromatic carbocycles.